The number of benzene rings is 1. The molecular weight excluding hydrogens is 222 g/mol. The first kappa shape index (κ1) is 10.0. The second kappa shape index (κ2) is 3.42. The Morgan fingerprint density at radius 1 is 1.44 bits per heavy atom. The van der Waals surface area contributed by atoms with Crippen LogP contribution in [0.15, 0.2) is 23.1 Å². The number of rotatable bonds is 1. The quantitative estimate of drug-likeness (QED) is 0.813. The van der Waals surface area contributed by atoms with Gasteiger partial charge in [-0.3, -0.25) is 4.79 Å². The van der Waals surface area contributed by atoms with Crippen LogP contribution in [0, 0.1) is 0 Å². The fraction of sp³-hybridized carbons (Fsp3) is 0.417. The molecule has 2 aliphatic rings. The van der Waals surface area contributed by atoms with Crippen LogP contribution in [0.4, 0.5) is 5.69 Å². The first-order valence-corrected chi connectivity index (χ1v) is 6.24. The molecule has 0 atom stereocenters. The normalized spacial score (nSPS) is 20.9. The maximum atomic E-state index is 12.0. The number of ether oxygens (including phenoxy) is 1. The Kier molecular flexibility index (Phi) is 2.14. The summed E-state index contributed by atoms with van der Waals surface area (Å²) in [5.41, 5.74) is 0.831. The van der Waals surface area contributed by atoms with E-state index < -0.39 is 0 Å². The highest BCUT2D eigenvalue weighted by atomic mass is 32.2. The van der Waals surface area contributed by atoms with Gasteiger partial charge < -0.3 is 10.1 Å². The lowest BCUT2D eigenvalue weighted by Crippen LogP contribution is -2.47. The van der Waals surface area contributed by atoms with E-state index in [0.717, 1.165) is 35.6 Å². The van der Waals surface area contributed by atoms with Gasteiger partial charge in [0.1, 0.15) is 5.75 Å². The van der Waals surface area contributed by atoms with Crippen molar-refractivity contribution in [3.8, 4) is 5.75 Å². The molecule has 3 rings (SSSR count). The van der Waals surface area contributed by atoms with Crippen LogP contribution in [0.5, 0.6) is 5.75 Å². The number of carbonyl (C=O) groups excluding carboxylic acids is 1. The average molecular weight is 235 g/mol. The van der Waals surface area contributed by atoms with Crippen molar-refractivity contribution < 1.29 is 9.53 Å². The Morgan fingerprint density at radius 2 is 2.25 bits per heavy atom. The second-order valence-corrected chi connectivity index (χ2v) is 5.66. The molecule has 1 N–H and O–H groups in total. The number of thioether (sulfide) groups is 1. The summed E-state index contributed by atoms with van der Waals surface area (Å²) in [7, 11) is 1.63. The highest BCUT2D eigenvalue weighted by Gasteiger charge is 2.48. The molecule has 1 aromatic carbocycles. The number of hydrogen-bond donors (Lipinski definition) is 1. The molecule has 0 radical (unpaired) electrons. The van der Waals surface area contributed by atoms with Crippen LogP contribution in [-0.4, -0.2) is 17.8 Å². The molecule has 4 heteroatoms. The molecule has 1 heterocycles. The van der Waals surface area contributed by atoms with E-state index in [9.17, 15) is 4.79 Å². The summed E-state index contributed by atoms with van der Waals surface area (Å²) in [5.74, 6) is 0.883. The zero-order valence-electron chi connectivity index (χ0n) is 9.08. The molecule has 1 amide bonds. The number of para-hydroxylation sites is 1. The fourth-order valence-electron chi connectivity index (χ4n) is 2.20. The molecule has 3 nitrogen and oxygen atoms in total. The fourth-order valence-corrected chi connectivity index (χ4v) is 3.66. The van der Waals surface area contributed by atoms with Crippen LogP contribution in [0.3, 0.4) is 0 Å². The third-order valence-electron chi connectivity index (χ3n) is 3.33. The van der Waals surface area contributed by atoms with E-state index in [4.69, 9.17) is 4.74 Å². The Balaban J connectivity index is 2.04. The molecule has 16 heavy (non-hydrogen) atoms. The topological polar surface area (TPSA) is 38.3 Å². The minimum Gasteiger partial charge on any atom is -0.495 e. The second-order valence-electron chi connectivity index (χ2n) is 4.24. The number of carbonyl (C=O) groups is 1. The molecule has 0 unspecified atom stereocenters. The van der Waals surface area contributed by atoms with Gasteiger partial charge >= 0.3 is 0 Å². The molecule has 84 valence electrons. The minimum absolute atomic E-state index is 0.140. The Morgan fingerprint density at radius 3 is 2.88 bits per heavy atom. The van der Waals surface area contributed by atoms with E-state index in [1.807, 2.05) is 18.2 Å². The summed E-state index contributed by atoms with van der Waals surface area (Å²) in [6.45, 7) is 0. The highest BCUT2D eigenvalue weighted by Crippen LogP contribution is 2.54. The van der Waals surface area contributed by atoms with Gasteiger partial charge in [0.2, 0.25) is 5.91 Å². The number of hydrogen-bond acceptors (Lipinski definition) is 3. The lowest BCUT2D eigenvalue weighted by atomic mass is 9.83. The molecule has 1 aliphatic heterocycles. The summed E-state index contributed by atoms with van der Waals surface area (Å²) in [6.07, 6.45) is 3.13. The lowest BCUT2D eigenvalue weighted by Gasteiger charge is -2.42. The van der Waals surface area contributed by atoms with Crippen molar-refractivity contribution in [2.24, 2.45) is 0 Å². The van der Waals surface area contributed by atoms with Gasteiger partial charge in [0, 0.05) is 4.90 Å². The maximum absolute atomic E-state index is 12.0. The third kappa shape index (κ3) is 1.26. The van der Waals surface area contributed by atoms with Crippen molar-refractivity contribution in [1.29, 1.82) is 0 Å². The lowest BCUT2D eigenvalue weighted by molar-refractivity contribution is -0.120. The van der Waals surface area contributed by atoms with Crippen molar-refractivity contribution in [3.63, 3.8) is 0 Å². The number of amides is 1. The van der Waals surface area contributed by atoms with Gasteiger partial charge in [-0.15, -0.1) is 11.8 Å². The van der Waals surface area contributed by atoms with Gasteiger partial charge in [-0.25, -0.2) is 0 Å². The molecule has 1 fully saturated rings. The van der Waals surface area contributed by atoms with Crippen molar-refractivity contribution >= 4 is 23.4 Å². The van der Waals surface area contributed by atoms with Crippen LogP contribution >= 0.6 is 11.8 Å². The molecular formula is C12H13NO2S. The largest absolute Gasteiger partial charge is 0.495 e. The van der Waals surface area contributed by atoms with Crippen LogP contribution in [0.2, 0.25) is 0 Å². The van der Waals surface area contributed by atoms with Crippen LogP contribution in [0.25, 0.3) is 0 Å². The minimum atomic E-state index is -0.195. The predicted octanol–water partition coefficient (Wildman–Crippen LogP) is 2.66. The monoisotopic (exact) mass is 235 g/mol. The van der Waals surface area contributed by atoms with Gasteiger partial charge in [0.25, 0.3) is 0 Å². The van der Waals surface area contributed by atoms with E-state index in [1.165, 1.54) is 0 Å². The van der Waals surface area contributed by atoms with E-state index in [1.54, 1.807) is 18.9 Å². The molecule has 1 aromatic rings. The number of fused-ring (bicyclic) bond motifs is 1. The summed E-state index contributed by atoms with van der Waals surface area (Å²) in [4.78, 5) is 13.2. The van der Waals surface area contributed by atoms with Gasteiger partial charge in [-0.2, -0.15) is 0 Å². The van der Waals surface area contributed by atoms with Crippen molar-refractivity contribution in [3.05, 3.63) is 18.2 Å². The van der Waals surface area contributed by atoms with Crippen LogP contribution < -0.4 is 10.1 Å². The van der Waals surface area contributed by atoms with Crippen molar-refractivity contribution in [2.75, 3.05) is 12.4 Å². The Labute approximate surface area is 98.6 Å². The smallest absolute Gasteiger partial charge is 0.241 e. The standard InChI is InChI=1S/C12H13NO2S/c1-15-8-4-2-5-9-10(8)13-11(14)12(16-9)6-3-7-12/h2,4-5H,3,6-7H2,1H3,(H,13,14). The number of methoxy groups -OCH3 is 1. The molecule has 1 saturated carbocycles. The number of anilines is 1. The van der Waals surface area contributed by atoms with E-state index >= 15 is 0 Å². The summed E-state index contributed by atoms with van der Waals surface area (Å²) in [5, 5.41) is 2.99. The van der Waals surface area contributed by atoms with Crippen LogP contribution in [-0.2, 0) is 4.79 Å². The Bertz CT molecular complexity index is 454. The molecule has 0 bridgehead atoms. The van der Waals surface area contributed by atoms with E-state index in [-0.39, 0.29) is 10.7 Å². The third-order valence-corrected chi connectivity index (χ3v) is 4.87. The first-order valence-electron chi connectivity index (χ1n) is 5.43. The van der Waals surface area contributed by atoms with E-state index in [0.29, 0.717) is 0 Å². The molecule has 1 spiro atoms. The summed E-state index contributed by atoms with van der Waals surface area (Å²) in [6, 6.07) is 5.88. The summed E-state index contributed by atoms with van der Waals surface area (Å²) < 4.78 is 5.06. The molecule has 1 aliphatic carbocycles. The summed E-state index contributed by atoms with van der Waals surface area (Å²) >= 11 is 1.69. The maximum Gasteiger partial charge on any atom is 0.241 e. The predicted molar refractivity (Wildman–Crippen MR) is 64.1 cm³/mol. The zero-order chi connectivity index (χ0) is 11.2. The molecule has 0 saturated heterocycles. The zero-order valence-corrected chi connectivity index (χ0v) is 9.89. The van der Waals surface area contributed by atoms with Gasteiger partial charge in [-0.05, 0) is 31.4 Å². The first-order chi connectivity index (χ1) is 7.75. The van der Waals surface area contributed by atoms with Gasteiger partial charge in [-0.1, -0.05) is 6.07 Å². The highest BCUT2D eigenvalue weighted by molar-refractivity contribution is 8.01. The van der Waals surface area contributed by atoms with Crippen molar-refractivity contribution in [2.45, 2.75) is 28.9 Å². The van der Waals surface area contributed by atoms with Gasteiger partial charge in [0.15, 0.2) is 0 Å². The van der Waals surface area contributed by atoms with E-state index in [2.05, 4.69) is 5.32 Å². The van der Waals surface area contributed by atoms with Crippen LogP contribution in [0.1, 0.15) is 19.3 Å². The molecule has 0 aromatic heterocycles. The Hall–Kier alpha value is -1.16. The number of nitrogens with one attached hydrogen (secondary N) is 1. The van der Waals surface area contributed by atoms with Crippen molar-refractivity contribution in [1.82, 2.24) is 0 Å². The van der Waals surface area contributed by atoms with Gasteiger partial charge in [0.05, 0.1) is 17.5 Å². The SMILES string of the molecule is COc1cccc2c1NC(=O)C1(CCC1)S2. The average Bonchev–Trinajstić information content (AvgIpc) is 2.25.